The van der Waals surface area contributed by atoms with Crippen LogP contribution >= 0.6 is 0 Å². The van der Waals surface area contributed by atoms with Gasteiger partial charge in [0.15, 0.2) is 0 Å². The molecule has 0 radical (unpaired) electrons. The molecule has 0 aliphatic heterocycles. The number of ether oxygens (including phenoxy) is 1. The van der Waals surface area contributed by atoms with E-state index in [-0.39, 0.29) is 12.4 Å². The smallest absolute Gasteiger partial charge is 0.339 e. The molecular weight excluding hydrogens is 281 g/mol. The molecule has 0 N–H and O–H groups in total. The third-order valence-corrected chi connectivity index (χ3v) is 3.35. The van der Waals surface area contributed by atoms with E-state index in [1.54, 1.807) is 18.2 Å². The summed E-state index contributed by atoms with van der Waals surface area (Å²) >= 11 is 0. The van der Waals surface area contributed by atoms with Crippen molar-refractivity contribution in [1.29, 1.82) is 0 Å². The fraction of sp³-hybridized carbons (Fsp3) is 0.111. The molecular formula is C18H14FNO2. The maximum Gasteiger partial charge on any atom is 0.339 e. The number of rotatable bonds is 3. The molecule has 0 bridgehead atoms. The van der Waals surface area contributed by atoms with Crippen molar-refractivity contribution < 1.29 is 13.9 Å². The van der Waals surface area contributed by atoms with Gasteiger partial charge in [0, 0.05) is 11.1 Å². The van der Waals surface area contributed by atoms with Crippen molar-refractivity contribution in [2.75, 3.05) is 0 Å². The zero-order valence-corrected chi connectivity index (χ0v) is 12.0. The Morgan fingerprint density at radius 2 is 1.86 bits per heavy atom. The lowest BCUT2D eigenvalue weighted by atomic mass is 10.1. The predicted octanol–water partition coefficient (Wildman–Crippen LogP) is 4.04. The highest BCUT2D eigenvalue weighted by molar-refractivity contribution is 6.03. The minimum atomic E-state index is -0.411. The van der Waals surface area contributed by atoms with E-state index in [1.165, 1.54) is 12.1 Å². The van der Waals surface area contributed by atoms with Crippen molar-refractivity contribution >= 4 is 16.9 Å². The molecule has 0 aliphatic rings. The minimum absolute atomic E-state index is 0.106. The van der Waals surface area contributed by atoms with Gasteiger partial charge in [-0.15, -0.1) is 0 Å². The van der Waals surface area contributed by atoms with Gasteiger partial charge in [0.25, 0.3) is 0 Å². The van der Waals surface area contributed by atoms with Gasteiger partial charge in [0.1, 0.15) is 12.4 Å². The van der Waals surface area contributed by atoms with Crippen LogP contribution in [0.3, 0.4) is 0 Å². The van der Waals surface area contributed by atoms with Crippen LogP contribution in [-0.2, 0) is 11.3 Å². The SMILES string of the molecule is Cc1cc(C(=O)OCc2ccc(F)cc2)c2ccccc2n1. The summed E-state index contributed by atoms with van der Waals surface area (Å²) in [6.07, 6.45) is 0. The summed E-state index contributed by atoms with van der Waals surface area (Å²) in [6, 6.07) is 15.0. The van der Waals surface area contributed by atoms with Crippen molar-refractivity contribution in [3.8, 4) is 0 Å². The van der Waals surface area contributed by atoms with Crippen molar-refractivity contribution in [2.45, 2.75) is 13.5 Å². The van der Waals surface area contributed by atoms with E-state index in [1.807, 2.05) is 31.2 Å². The lowest BCUT2D eigenvalue weighted by Crippen LogP contribution is -2.07. The number of para-hydroxylation sites is 1. The second-order valence-corrected chi connectivity index (χ2v) is 5.03. The fourth-order valence-corrected chi connectivity index (χ4v) is 2.28. The Morgan fingerprint density at radius 1 is 1.14 bits per heavy atom. The van der Waals surface area contributed by atoms with Crippen LogP contribution in [0.2, 0.25) is 0 Å². The number of esters is 1. The predicted molar refractivity (Wildman–Crippen MR) is 82.0 cm³/mol. The second kappa shape index (κ2) is 5.93. The van der Waals surface area contributed by atoms with Crippen molar-refractivity contribution in [2.24, 2.45) is 0 Å². The first kappa shape index (κ1) is 14.2. The number of pyridine rings is 1. The van der Waals surface area contributed by atoms with Gasteiger partial charge in [-0.1, -0.05) is 30.3 Å². The van der Waals surface area contributed by atoms with E-state index in [0.29, 0.717) is 5.56 Å². The average molecular weight is 295 g/mol. The van der Waals surface area contributed by atoms with Crippen molar-refractivity contribution in [3.05, 3.63) is 77.2 Å². The zero-order valence-electron chi connectivity index (χ0n) is 12.0. The number of aromatic nitrogens is 1. The van der Waals surface area contributed by atoms with Crippen LogP contribution in [0.4, 0.5) is 4.39 Å². The topological polar surface area (TPSA) is 39.2 Å². The number of hydrogen-bond acceptors (Lipinski definition) is 3. The number of benzene rings is 2. The van der Waals surface area contributed by atoms with E-state index in [4.69, 9.17) is 4.74 Å². The van der Waals surface area contributed by atoms with Gasteiger partial charge in [-0.3, -0.25) is 4.98 Å². The monoisotopic (exact) mass is 295 g/mol. The fourth-order valence-electron chi connectivity index (χ4n) is 2.28. The van der Waals surface area contributed by atoms with Crippen LogP contribution in [0.5, 0.6) is 0 Å². The molecule has 0 unspecified atom stereocenters. The Bertz CT molecular complexity index is 828. The summed E-state index contributed by atoms with van der Waals surface area (Å²) in [5, 5.41) is 0.761. The summed E-state index contributed by atoms with van der Waals surface area (Å²) in [4.78, 5) is 16.7. The molecule has 1 heterocycles. The van der Waals surface area contributed by atoms with Crippen LogP contribution in [0, 0.1) is 12.7 Å². The Hall–Kier alpha value is -2.75. The lowest BCUT2D eigenvalue weighted by Gasteiger charge is -2.08. The quantitative estimate of drug-likeness (QED) is 0.685. The largest absolute Gasteiger partial charge is 0.457 e. The number of nitrogens with zero attached hydrogens (tertiary/aromatic N) is 1. The third kappa shape index (κ3) is 2.96. The Labute approximate surface area is 127 Å². The first-order valence-electron chi connectivity index (χ1n) is 6.91. The number of aryl methyl sites for hydroxylation is 1. The first-order valence-corrected chi connectivity index (χ1v) is 6.91. The van der Waals surface area contributed by atoms with Crippen LogP contribution in [-0.4, -0.2) is 11.0 Å². The standard InChI is InChI=1S/C18H14FNO2/c1-12-10-16(15-4-2-3-5-17(15)20-12)18(21)22-11-13-6-8-14(19)9-7-13/h2-10H,11H2,1H3. The summed E-state index contributed by atoms with van der Waals surface area (Å²) in [6.45, 7) is 1.94. The number of carbonyl (C=O) groups is 1. The lowest BCUT2D eigenvalue weighted by molar-refractivity contribution is 0.0475. The molecule has 0 spiro atoms. The van der Waals surface area contributed by atoms with Gasteiger partial charge in [-0.2, -0.15) is 0 Å². The third-order valence-electron chi connectivity index (χ3n) is 3.35. The van der Waals surface area contributed by atoms with Gasteiger partial charge in [-0.25, -0.2) is 9.18 Å². The summed E-state index contributed by atoms with van der Waals surface area (Å²) < 4.78 is 18.2. The highest BCUT2D eigenvalue weighted by Crippen LogP contribution is 2.19. The molecule has 0 saturated heterocycles. The molecule has 3 rings (SSSR count). The molecule has 3 aromatic rings. The molecule has 3 nitrogen and oxygen atoms in total. The van der Waals surface area contributed by atoms with E-state index < -0.39 is 5.97 Å². The van der Waals surface area contributed by atoms with Gasteiger partial charge < -0.3 is 4.74 Å². The van der Waals surface area contributed by atoms with Gasteiger partial charge >= 0.3 is 5.97 Å². The maximum absolute atomic E-state index is 12.9. The van der Waals surface area contributed by atoms with Crippen LogP contribution in [0.25, 0.3) is 10.9 Å². The summed E-state index contributed by atoms with van der Waals surface area (Å²) in [5.74, 6) is -0.725. The maximum atomic E-state index is 12.9. The molecule has 0 aliphatic carbocycles. The van der Waals surface area contributed by atoms with E-state index >= 15 is 0 Å². The second-order valence-electron chi connectivity index (χ2n) is 5.03. The summed E-state index contributed by atoms with van der Waals surface area (Å²) in [7, 11) is 0. The molecule has 22 heavy (non-hydrogen) atoms. The van der Waals surface area contributed by atoms with Crippen molar-refractivity contribution in [3.63, 3.8) is 0 Å². The van der Waals surface area contributed by atoms with Crippen LogP contribution < -0.4 is 0 Å². The molecule has 1 aromatic heterocycles. The molecule has 0 amide bonds. The normalized spacial score (nSPS) is 10.6. The Balaban J connectivity index is 1.84. The molecule has 0 fully saturated rings. The van der Waals surface area contributed by atoms with Crippen LogP contribution in [0.1, 0.15) is 21.6 Å². The summed E-state index contributed by atoms with van der Waals surface area (Å²) in [5.41, 5.74) is 2.75. The van der Waals surface area contributed by atoms with Gasteiger partial charge in [0.05, 0.1) is 11.1 Å². The average Bonchev–Trinajstić information content (AvgIpc) is 2.53. The number of halogens is 1. The number of hydrogen-bond donors (Lipinski definition) is 0. The van der Waals surface area contributed by atoms with Crippen molar-refractivity contribution in [1.82, 2.24) is 4.98 Å². The highest BCUT2D eigenvalue weighted by atomic mass is 19.1. The Kier molecular flexibility index (Phi) is 3.83. The molecule has 0 atom stereocenters. The number of fused-ring (bicyclic) bond motifs is 1. The van der Waals surface area contributed by atoms with E-state index in [9.17, 15) is 9.18 Å². The highest BCUT2D eigenvalue weighted by Gasteiger charge is 2.13. The molecule has 110 valence electrons. The van der Waals surface area contributed by atoms with Gasteiger partial charge in [0.2, 0.25) is 0 Å². The van der Waals surface area contributed by atoms with Gasteiger partial charge in [-0.05, 0) is 36.8 Å². The molecule has 4 heteroatoms. The molecule has 0 saturated carbocycles. The van der Waals surface area contributed by atoms with E-state index in [0.717, 1.165) is 22.2 Å². The molecule has 2 aromatic carbocycles. The number of carbonyl (C=O) groups excluding carboxylic acids is 1. The van der Waals surface area contributed by atoms with E-state index in [2.05, 4.69) is 4.98 Å². The first-order chi connectivity index (χ1) is 10.6. The van der Waals surface area contributed by atoms with Crippen LogP contribution in [0.15, 0.2) is 54.6 Å². The zero-order chi connectivity index (χ0) is 15.5. The minimum Gasteiger partial charge on any atom is -0.457 e. The Morgan fingerprint density at radius 3 is 2.64 bits per heavy atom.